The fourth-order valence-corrected chi connectivity index (χ4v) is 14.5. The van der Waals surface area contributed by atoms with Crippen molar-refractivity contribution in [1.82, 2.24) is 0 Å². The van der Waals surface area contributed by atoms with Gasteiger partial charge in [0.1, 0.15) is 11.2 Å². The van der Waals surface area contributed by atoms with Crippen molar-refractivity contribution in [2.24, 2.45) is 16.2 Å². The van der Waals surface area contributed by atoms with Crippen LogP contribution in [0.4, 0.5) is 0 Å². The predicted octanol–water partition coefficient (Wildman–Crippen LogP) is 15.1. The zero-order valence-corrected chi connectivity index (χ0v) is 39.2. The van der Waals surface area contributed by atoms with Gasteiger partial charge in [0, 0.05) is 32.6 Å². The van der Waals surface area contributed by atoms with Crippen molar-refractivity contribution in [1.29, 1.82) is 0 Å². The van der Waals surface area contributed by atoms with Crippen LogP contribution in [0.3, 0.4) is 0 Å². The fraction of sp³-hybridized carbons (Fsp3) is 0.424. The molecule has 3 unspecified atom stereocenters. The summed E-state index contributed by atoms with van der Waals surface area (Å²) in [5.41, 5.74) is 12.7. The van der Waals surface area contributed by atoms with Gasteiger partial charge in [-0.2, -0.15) is 0 Å². The summed E-state index contributed by atoms with van der Waals surface area (Å²) in [7, 11) is 0. The van der Waals surface area contributed by atoms with Gasteiger partial charge in [-0.25, -0.2) is 0 Å². The van der Waals surface area contributed by atoms with Gasteiger partial charge in [-0.3, -0.25) is 0 Å². The SMILES string of the molecule is C=c1cccc/c1=C(/C)C1(C)C(C)(C(C)(C)C)C12c1c(cc(C(C)(C)C)c3ccccc13)-c1c(ccc3cc4oc5c6c(ccc5c4cc13)C(C)(C)CCC6(C)C)C2(C)C. The number of fused-ring (bicyclic) bond motifs is 13. The van der Waals surface area contributed by atoms with E-state index in [0.29, 0.717) is 0 Å². The van der Waals surface area contributed by atoms with Gasteiger partial charge in [-0.1, -0.05) is 182 Å². The lowest BCUT2D eigenvalue weighted by molar-refractivity contribution is 0.157. The molecule has 0 N–H and O–H groups in total. The van der Waals surface area contributed by atoms with Crippen molar-refractivity contribution in [3.8, 4) is 11.1 Å². The molecular formula is C59H66O. The zero-order valence-electron chi connectivity index (χ0n) is 39.2. The van der Waals surface area contributed by atoms with E-state index in [4.69, 9.17) is 4.42 Å². The largest absolute Gasteiger partial charge is 0.456 e. The van der Waals surface area contributed by atoms with E-state index in [0.717, 1.165) is 22.8 Å². The normalized spacial score (nSPS) is 25.7. The highest BCUT2D eigenvalue weighted by Gasteiger charge is 2.90. The number of furan rings is 1. The Balaban J connectivity index is 1.40. The molecule has 1 heterocycles. The Labute approximate surface area is 359 Å². The first kappa shape index (κ1) is 39.5. The summed E-state index contributed by atoms with van der Waals surface area (Å²) in [6.07, 6.45) is 2.34. The second-order valence-corrected chi connectivity index (χ2v) is 23.6. The van der Waals surface area contributed by atoms with E-state index in [2.05, 4.69) is 201 Å². The van der Waals surface area contributed by atoms with E-state index in [1.54, 1.807) is 0 Å². The van der Waals surface area contributed by atoms with Crippen molar-refractivity contribution >= 4 is 55.6 Å². The second-order valence-electron chi connectivity index (χ2n) is 23.6. The van der Waals surface area contributed by atoms with Crippen LogP contribution in [-0.2, 0) is 27.1 Å². The number of hydrogen-bond acceptors (Lipinski definition) is 1. The summed E-state index contributed by atoms with van der Waals surface area (Å²) in [4.78, 5) is 0. The van der Waals surface area contributed by atoms with Gasteiger partial charge < -0.3 is 4.42 Å². The Kier molecular flexibility index (Phi) is 7.67. The number of hydrogen-bond donors (Lipinski definition) is 0. The lowest BCUT2D eigenvalue weighted by atomic mass is 9.53. The standard InChI is InChI=1S/C59H66O/c1-34-21-17-18-22-37(34)35(2)57(15)58(16,53(6,7)8)59(57)49-39-24-20-19-23-38(39)46(52(3,4)5)33-43(49)48-41-32-42-40-26-28-45-50(55(11,12)30-29-54(45,9)10)51(40)60-47(42)31-36(41)25-27-44(48)56(59,13)14/h17-28,31-33H,1,29-30H2,2-16H3/b37-35+. The van der Waals surface area contributed by atoms with Gasteiger partial charge in [-0.15, -0.1) is 0 Å². The molecule has 0 bridgehead atoms. The molecule has 1 aromatic heterocycles. The molecule has 3 aliphatic carbocycles. The minimum absolute atomic E-state index is 0.0403. The predicted molar refractivity (Wildman–Crippen MR) is 259 cm³/mol. The maximum Gasteiger partial charge on any atom is 0.139 e. The van der Waals surface area contributed by atoms with Gasteiger partial charge in [-0.05, 0) is 130 Å². The van der Waals surface area contributed by atoms with Crippen LogP contribution in [0, 0.1) is 16.2 Å². The van der Waals surface area contributed by atoms with Crippen LogP contribution in [0.5, 0.6) is 0 Å². The molecule has 7 aromatic rings. The Morgan fingerprint density at radius 2 is 1.25 bits per heavy atom. The molecule has 1 saturated carbocycles. The van der Waals surface area contributed by atoms with Crippen LogP contribution in [-0.4, -0.2) is 0 Å². The molecule has 1 spiro atoms. The molecule has 1 nitrogen and oxygen atoms in total. The minimum Gasteiger partial charge on any atom is -0.456 e. The molecule has 1 heteroatoms. The highest BCUT2D eigenvalue weighted by atomic mass is 16.3. The molecule has 10 rings (SSSR count). The average molecular weight is 791 g/mol. The van der Waals surface area contributed by atoms with E-state index < -0.39 is 0 Å². The molecule has 0 radical (unpaired) electrons. The summed E-state index contributed by atoms with van der Waals surface area (Å²) in [6.45, 7) is 41.8. The third-order valence-electron chi connectivity index (χ3n) is 17.8. The van der Waals surface area contributed by atoms with E-state index in [1.165, 1.54) is 88.5 Å². The van der Waals surface area contributed by atoms with Crippen molar-refractivity contribution in [3.63, 3.8) is 0 Å². The van der Waals surface area contributed by atoms with E-state index in [9.17, 15) is 0 Å². The number of rotatable bonds is 1. The van der Waals surface area contributed by atoms with Crippen molar-refractivity contribution in [2.75, 3.05) is 0 Å². The molecular weight excluding hydrogens is 725 g/mol. The lowest BCUT2D eigenvalue weighted by Crippen LogP contribution is -2.46. The summed E-state index contributed by atoms with van der Waals surface area (Å²) >= 11 is 0. The molecule has 308 valence electrons. The molecule has 0 saturated heterocycles. The third kappa shape index (κ3) is 4.45. The Morgan fingerprint density at radius 1 is 0.617 bits per heavy atom. The molecule has 3 atom stereocenters. The first-order chi connectivity index (χ1) is 27.9. The lowest BCUT2D eigenvalue weighted by Gasteiger charge is -2.49. The van der Waals surface area contributed by atoms with Crippen molar-refractivity contribution in [3.05, 3.63) is 129 Å². The molecule has 60 heavy (non-hydrogen) atoms. The van der Waals surface area contributed by atoms with Crippen LogP contribution >= 0.6 is 0 Å². The molecule has 1 fully saturated rings. The number of benzene rings is 6. The van der Waals surface area contributed by atoms with Crippen LogP contribution < -0.4 is 10.4 Å². The highest BCUT2D eigenvalue weighted by Crippen LogP contribution is 2.92. The average Bonchev–Trinajstić information content (AvgIpc) is 3.43. The smallest absolute Gasteiger partial charge is 0.139 e. The molecule has 3 aliphatic rings. The van der Waals surface area contributed by atoms with Gasteiger partial charge in [0.05, 0.1) is 0 Å². The van der Waals surface area contributed by atoms with Crippen LogP contribution in [0.1, 0.15) is 145 Å². The van der Waals surface area contributed by atoms with Crippen LogP contribution in [0.25, 0.3) is 66.8 Å². The van der Waals surface area contributed by atoms with E-state index >= 15 is 0 Å². The first-order valence-electron chi connectivity index (χ1n) is 22.7. The second kappa shape index (κ2) is 11.6. The highest BCUT2D eigenvalue weighted by molar-refractivity contribution is 6.15. The van der Waals surface area contributed by atoms with Crippen LogP contribution in [0.15, 0.2) is 95.4 Å². The topological polar surface area (TPSA) is 13.1 Å². The Bertz CT molecular complexity index is 3150. The van der Waals surface area contributed by atoms with Gasteiger partial charge in [0.2, 0.25) is 0 Å². The van der Waals surface area contributed by atoms with E-state index in [1.807, 2.05) is 0 Å². The monoisotopic (exact) mass is 791 g/mol. The molecule has 0 amide bonds. The fourth-order valence-electron chi connectivity index (χ4n) is 14.5. The minimum atomic E-state index is -0.272. The summed E-state index contributed by atoms with van der Waals surface area (Å²) in [5, 5.41) is 10.2. The maximum absolute atomic E-state index is 7.07. The third-order valence-corrected chi connectivity index (χ3v) is 17.8. The van der Waals surface area contributed by atoms with Gasteiger partial charge in [0.25, 0.3) is 0 Å². The van der Waals surface area contributed by atoms with E-state index in [-0.39, 0.29) is 43.3 Å². The van der Waals surface area contributed by atoms with Gasteiger partial charge >= 0.3 is 0 Å². The zero-order chi connectivity index (χ0) is 43.1. The molecule has 6 aromatic carbocycles. The Morgan fingerprint density at radius 3 is 1.92 bits per heavy atom. The molecule has 0 aliphatic heterocycles. The summed E-state index contributed by atoms with van der Waals surface area (Å²) in [6, 6.07) is 35.4. The quantitative estimate of drug-likeness (QED) is 0.161. The van der Waals surface area contributed by atoms with Crippen molar-refractivity contribution < 1.29 is 4.42 Å². The van der Waals surface area contributed by atoms with Crippen molar-refractivity contribution in [2.45, 2.75) is 144 Å². The Hall–Kier alpha value is -4.62. The summed E-state index contributed by atoms with van der Waals surface area (Å²) < 4.78 is 7.07. The van der Waals surface area contributed by atoms with Gasteiger partial charge in [0.15, 0.2) is 0 Å². The van der Waals surface area contributed by atoms with Crippen LogP contribution in [0.2, 0.25) is 0 Å². The first-order valence-corrected chi connectivity index (χ1v) is 22.7. The summed E-state index contributed by atoms with van der Waals surface area (Å²) in [5.74, 6) is 0. The maximum atomic E-state index is 7.07.